The summed E-state index contributed by atoms with van der Waals surface area (Å²) in [5.41, 5.74) is 0. The summed E-state index contributed by atoms with van der Waals surface area (Å²) in [7, 11) is 2.98. The molecule has 0 spiro atoms. The van der Waals surface area contributed by atoms with Gasteiger partial charge in [-0.05, 0) is 102 Å². The lowest BCUT2D eigenvalue weighted by atomic mass is 9.86. The fraction of sp³-hybridized carbons (Fsp3) is 0.880. The van der Waals surface area contributed by atoms with Gasteiger partial charge in [-0.25, -0.2) is 0 Å². The largest absolute Gasteiger partial charge is 0.462 e. The maximum absolute atomic E-state index is 12.1. The van der Waals surface area contributed by atoms with Crippen molar-refractivity contribution in [1.82, 2.24) is 0 Å². The van der Waals surface area contributed by atoms with Crippen LogP contribution in [0.1, 0.15) is 153 Å². The first-order chi connectivity index (χ1) is 31.2. The van der Waals surface area contributed by atoms with E-state index in [9.17, 15) is 28.8 Å². The highest BCUT2D eigenvalue weighted by Crippen LogP contribution is 2.52. The summed E-state index contributed by atoms with van der Waals surface area (Å²) < 4.78 is 46.6. The number of carbonyl (C=O) groups is 6. The highest BCUT2D eigenvalue weighted by Gasteiger charge is 2.54. The Labute approximate surface area is 390 Å². The van der Waals surface area contributed by atoms with E-state index in [4.69, 9.17) is 42.6 Å². The summed E-state index contributed by atoms with van der Waals surface area (Å²) in [5, 5.41) is 0. The molecule has 376 valence electrons. The number of esters is 6. The second kappa shape index (κ2) is 30.2. The Morgan fingerprint density at radius 3 is 0.938 bits per heavy atom. The molecule has 0 aliphatic heterocycles. The summed E-state index contributed by atoms with van der Waals surface area (Å²) >= 11 is 0. The summed E-state index contributed by atoms with van der Waals surface area (Å²) in [6.45, 7) is 21.9. The third-order valence-corrected chi connectivity index (χ3v) is 14.1. The number of ether oxygens (including phenoxy) is 9. The van der Waals surface area contributed by atoms with Crippen molar-refractivity contribution in [3.63, 3.8) is 0 Å². The van der Waals surface area contributed by atoms with E-state index in [1.165, 1.54) is 14.2 Å². The lowest BCUT2D eigenvalue weighted by Gasteiger charge is -2.28. The van der Waals surface area contributed by atoms with Gasteiger partial charge in [0.2, 0.25) is 0 Å². The van der Waals surface area contributed by atoms with Crippen molar-refractivity contribution in [2.45, 2.75) is 172 Å². The van der Waals surface area contributed by atoms with E-state index in [0.29, 0.717) is 24.4 Å². The second-order valence-electron chi connectivity index (χ2n) is 18.2. The van der Waals surface area contributed by atoms with Gasteiger partial charge in [-0.1, -0.05) is 69.2 Å². The van der Waals surface area contributed by atoms with Crippen LogP contribution in [0.25, 0.3) is 0 Å². The molecule has 15 heteroatoms. The van der Waals surface area contributed by atoms with Crippen LogP contribution in [-0.4, -0.2) is 95.3 Å². The van der Waals surface area contributed by atoms with Crippen molar-refractivity contribution in [3.05, 3.63) is 0 Å². The van der Waals surface area contributed by atoms with Crippen LogP contribution in [0.2, 0.25) is 0 Å². The quantitative estimate of drug-likeness (QED) is 0.0517. The highest BCUT2D eigenvalue weighted by molar-refractivity contribution is 5.76. The molecule has 6 aliphatic carbocycles. The number of fused-ring (bicyclic) bond motifs is 6. The molecular weight excluding hydrogens is 841 g/mol. The smallest absolute Gasteiger partial charge is 0.311 e. The van der Waals surface area contributed by atoms with Gasteiger partial charge in [0.05, 0.1) is 35.5 Å². The Morgan fingerprint density at radius 1 is 0.431 bits per heavy atom. The van der Waals surface area contributed by atoms with Crippen LogP contribution in [0, 0.1) is 71.0 Å². The van der Waals surface area contributed by atoms with E-state index in [-0.39, 0.29) is 128 Å². The third kappa shape index (κ3) is 16.8. The predicted molar refractivity (Wildman–Crippen MR) is 242 cm³/mol. The molecule has 0 N–H and O–H groups in total. The molecule has 0 aromatic carbocycles. The lowest BCUT2D eigenvalue weighted by Crippen LogP contribution is -2.35. The summed E-state index contributed by atoms with van der Waals surface area (Å²) in [6, 6.07) is 0. The predicted octanol–water partition coefficient (Wildman–Crippen LogP) is 8.86. The minimum Gasteiger partial charge on any atom is -0.462 e. The maximum atomic E-state index is 12.1. The molecule has 0 amide bonds. The van der Waals surface area contributed by atoms with Crippen LogP contribution in [0.3, 0.4) is 0 Å². The van der Waals surface area contributed by atoms with E-state index >= 15 is 0 Å². The molecule has 15 unspecified atom stereocenters. The van der Waals surface area contributed by atoms with Gasteiger partial charge < -0.3 is 42.6 Å². The first-order valence-corrected chi connectivity index (χ1v) is 24.9. The van der Waals surface area contributed by atoms with E-state index in [0.717, 1.165) is 77.0 Å². The Bertz CT molecular complexity index is 1380. The molecule has 15 nitrogen and oxygen atoms in total. The molecule has 6 bridgehead atoms. The number of methoxy groups -OCH3 is 2. The standard InChI is InChI=1S/C16H26O5.2C15H24O5.2C2H6/c1-4-10(3)15(17)21-14-8-11-6-12(14)13(7-11)16(18)20-9-19-5-2;2*1-4-9(2)14(16)20-13-7-10-5-11(13)12(6-10)15(17)19-8-18-3;2*1-2/h10-14H,4-9H2,1-3H3;2*9-13H,4-8H2,1-3H3;2*1-2H3. The van der Waals surface area contributed by atoms with E-state index in [1.807, 2.05) is 76.2 Å². The fourth-order valence-electron chi connectivity index (χ4n) is 10.1. The van der Waals surface area contributed by atoms with Crippen molar-refractivity contribution >= 4 is 35.8 Å². The van der Waals surface area contributed by atoms with Gasteiger partial charge >= 0.3 is 35.8 Å². The zero-order valence-electron chi connectivity index (χ0n) is 42.1. The van der Waals surface area contributed by atoms with Gasteiger partial charge in [0.1, 0.15) is 18.3 Å². The van der Waals surface area contributed by atoms with E-state index in [1.54, 1.807) is 0 Å². The first-order valence-electron chi connectivity index (χ1n) is 24.9. The first kappa shape index (κ1) is 57.8. The Kier molecular flexibility index (Phi) is 26.8. The molecule has 6 saturated carbocycles. The highest BCUT2D eigenvalue weighted by atomic mass is 16.7. The van der Waals surface area contributed by atoms with Crippen LogP contribution in [0.5, 0.6) is 0 Å². The summed E-state index contributed by atoms with van der Waals surface area (Å²) in [6.07, 6.45) is 10.1. The molecule has 65 heavy (non-hydrogen) atoms. The average molecular weight is 927 g/mol. The molecular formula is C50H86O15. The van der Waals surface area contributed by atoms with Crippen LogP contribution in [0.4, 0.5) is 0 Å². The molecule has 0 aromatic heterocycles. The van der Waals surface area contributed by atoms with Gasteiger partial charge in [-0.15, -0.1) is 0 Å². The van der Waals surface area contributed by atoms with E-state index in [2.05, 4.69) is 0 Å². The van der Waals surface area contributed by atoms with Crippen LogP contribution in [0.15, 0.2) is 0 Å². The Balaban J connectivity index is 0.000000322. The normalized spacial score (nSPS) is 30.8. The number of carbonyl (C=O) groups excluding carboxylic acids is 6. The van der Waals surface area contributed by atoms with Gasteiger partial charge in [0.15, 0.2) is 20.4 Å². The van der Waals surface area contributed by atoms with Gasteiger partial charge in [0, 0.05) is 38.6 Å². The topological polar surface area (TPSA) is 185 Å². The molecule has 15 atom stereocenters. The van der Waals surface area contributed by atoms with Crippen molar-refractivity contribution in [2.24, 2.45) is 71.0 Å². The van der Waals surface area contributed by atoms with Gasteiger partial charge in [-0.3, -0.25) is 28.8 Å². The Morgan fingerprint density at radius 2 is 0.708 bits per heavy atom. The summed E-state index contributed by atoms with van der Waals surface area (Å²) in [5.74, 6) is 0.0859. The van der Waals surface area contributed by atoms with Gasteiger partial charge in [-0.2, -0.15) is 0 Å². The Hall–Kier alpha value is -3.30. The SMILES string of the molecule is CC.CC.CCC(C)C(=O)OC1CC2CC(C(=O)OCOC)C1C2.CCC(C)C(=O)OC1CC2CC(C(=O)OCOC)C1C2.CCOCOC(=O)C1CC2CC(OC(=O)C(C)CC)C1C2. The molecule has 0 saturated heterocycles. The molecule has 6 fully saturated rings. The van der Waals surface area contributed by atoms with Gasteiger partial charge in [0.25, 0.3) is 0 Å². The maximum Gasteiger partial charge on any atom is 0.311 e. The van der Waals surface area contributed by atoms with Crippen LogP contribution >= 0.6 is 0 Å². The molecule has 6 rings (SSSR count). The molecule has 6 aliphatic rings. The van der Waals surface area contributed by atoms with Crippen LogP contribution < -0.4 is 0 Å². The van der Waals surface area contributed by atoms with Crippen molar-refractivity contribution in [2.75, 3.05) is 41.2 Å². The lowest BCUT2D eigenvalue weighted by molar-refractivity contribution is -0.169. The zero-order chi connectivity index (χ0) is 48.8. The number of hydrogen-bond acceptors (Lipinski definition) is 15. The molecule has 0 aromatic rings. The van der Waals surface area contributed by atoms with Crippen LogP contribution in [-0.2, 0) is 71.4 Å². The van der Waals surface area contributed by atoms with Crippen molar-refractivity contribution in [1.29, 1.82) is 0 Å². The summed E-state index contributed by atoms with van der Waals surface area (Å²) in [4.78, 5) is 71.8. The minimum atomic E-state index is -0.219. The minimum absolute atomic E-state index is 0.00988. The third-order valence-electron chi connectivity index (χ3n) is 14.1. The number of hydrogen-bond donors (Lipinski definition) is 0. The van der Waals surface area contributed by atoms with Crippen molar-refractivity contribution < 1.29 is 71.4 Å². The number of rotatable bonds is 19. The monoisotopic (exact) mass is 927 g/mol. The zero-order valence-corrected chi connectivity index (χ0v) is 42.1. The molecule has 0 radical (unpaired) electrons. The second-order valence-corrected chi connectivity index (χ2v) is 18.2. The van der Waals surface area contributed by atoms with Crippen molar-refractivity contribution in [3.8, 4) is 0 Å². The molecule has 0 heterocycles. The van der Waals surface area contributed by atoms with E-state index < -0.39 is 0 Å². The average Bonchev–Trinajstić information content (AvgIpc) is 4.21. The fourth-order valence-corrected chi connectivity index (χ4v) is 10.1.